The smallest absolute Gasteiger partial charge is 0.333 e. The van der Waals surface area contributed by atoms with Crippen LogP contribution in [0, 0.1) is 11.6 Å². The number of fused-ring (bicyclic) bond motifs is 1. The molecule has 0 unspecified atom stereocenters. The molecule has 2 rings (SSSR count). The number of rotatable bonds is 11. The van der Waals surface area contributed by atoms with Gasteiger partial charge in [-0.3, -0.25) is 0 Å². The van der Waals surface area contributed by atoms with Crippen molar-refractivity contribution in [2.45, 2.75) is 52.4 Å². The monoisotopic (exact) mass is 388 g/mol. The summed E-state index contributed by atoms with van der Waals surface area (Å²) in [6.45, 7) is 8.41. The van der Waals surface area contributed by atoms with Crippen molar-refractivity contribution < 1.29 is 18.7 Å². The Labute approximate surface area is 166 Å². The molecule has 0 N–H and O–H groups in total. The Morgan fingerprint density at radius 3 is 2.44 bits per heavy atom. The van der Waals surface area contributed by atoms with Gasteiger partial charge in [0.25, 0.3) is 0 Å². The second-order valence-corrected chi connectivity index (χ2v) is 7.22. The molecule has 0 atom stereocenters. The highest BCUT2D eigenvalue weighted by molar-refractivity contribution is 7.71. The van der Waals surface area contributed by atoms with E-state index in [0.717, 1.165) is 60.8 Å². The molecule has 5 heteroatoms. The van der Waals surface area contributed by atoms with E-state index in [-0.39, 0.29) is 5.97 Å². The molecule has 1 aromatic heterocycles. The number of hydrogen-bond donors (Lipinski definition) is 0. The Hall–Kier alpha value is -2.14. The first-order valence-electron chi connectivity index (χ1n) is 9.47. The minimum absolute atomic E-state index is 0.300. The van der Waals surface area contributed by atoms with Gasteiger partial charge in [-0.1, -0.05) is 43.9 Å². The maximum atomic E-state index is 11.2. The van der Waals surface area contributed by atoms with Crippen LogP contribution in [-0.4, -0.2) is 19.2 Å². The molecule has 2 aromatic rings. The summed E-state index contributed by atoms with van der Waals surface area (Å²) in [5.41, 5.74) is 2.37. The van der Waals surface area contributed by atoms with E-state index in [9.17, 15) is 4.79 Å². The third-order valence-corrected chi connectivity index (χ3v) is 4.44. The van der Waals surface area contributed by atoms with Gasteiger partial charge >= 0.3 is 5.97 Å². The third-order valence-electron chi connectivity index (χ3n) is 4.24. The van der Waals surface area contributed by atoms with Crippen molar-refractivity contribution in [2.75, 3.05) is 13.2 Å². The molecule has 0 saturated carbocycles. The Balaban J connectivity index is 1.63. The quantitative estimate of drug-likeness (QED) is 0.195. The van der Waals surface area contributed by atoms with E-state index in [0.29, 0.717) is 23.5 Å². The molecule has 1 aromatic carbocycles. The molecule has 0 radical (unpaired) electrons. The van der Waals surface area contributed by atoms with E-state index < -0.39 is 0 Å². The normalized spacial score (nSPS) is 10.7. The summed E-state index contributed by atoms with van der Waals surface area (Å²) < 4.78 is 17.0. The van der Waals surface area contributed by atoms with Gasteiger partial charge in [0.15, 0.2) is 4.71 Å². The first-order chi connectivity index (χ1) is 13.0. The standard InChI is InChI=1S/C22H28O4S/c1-16(2)22(23)25-13-9-7-5-4-6-8-12-24-20-15-21(27)26-19-11-10-17(3)14-18(19)20/h10-11,14-15H,1,4-9,12-13H2,2-3H3. The maximum absolute atomic E-state index is 11.2. The van der Waals surface area contributed by atoms with Crippen molar-refractivity contribution in [3.05, 3.63) is 46.7 Å². The molecule has 0 spiro atoms. The summed E-state index contributed by atoms with van der Waals surface area (Å²) in [6, 6.07) is 7.78. The van der Waals surface area contributed by atoms with Crippen LogP contribution in [0.5, 0.6) is 5.75 Å². The molecule has 27 heavy (non-hydrogen) atoms. The van der Waals surface area contributed by atoms with Crippen molar-refractivity contribution in [3.63, 3.8) is 0 Å². The lowest BCUT2D eigenvalue weighted by Gasteiger charge is -2.09. The number of hydrogen-bond acceptors (Lipinski definition) is 5. The average Bonchev–Trinajstić information content (AvgIpc) is 2.63. The van der Waals surface area contributed by atoms with Crippen LogP contribution in [0.4, 0.5) is 0 Å². The van der Waals surface area contributed by atoms with E-state index in [1.165, 1.54) is 0 Å². The average molecular weight is 389 g/mol. The van der Waals surface area contributed by atoms with Gasteiger partial charge in [0.05, 0.1) is 18.6 Å². The van der Waals surface area contributed by atoms with E-state index in [4.69, 9.17) is 26.1 Å². The second-order valence-electron chi connectivity index (χ2n) is 6.82. The SMILES string of the molecule is C=C(C)C(=O)OCCCCCCCCOc1cc(=S)oc2ccc(C)cc12. The number of carbonyl (C=O) groups is 1. The van der Waals surface area contributed by atoms with Crippen LogP contribution in [0.2, 0.25) is 0 Å². The first-order valence-corrected chi connectivity index (χ1v) is 9.88. The third kappa shape index (κ3) is 7.18. The molecule has 0 bridgehead atoms. The predicted molar refractivity (Wildman–Crippen MR) is 111 cm³/mol. The van der Waals surface area contributed by atoms with Gasteiger partial charge in [0.1, 0.15) is 11.3 Å². The van der Waals surface area contributed by atoms with Gasteiger partial charge in [0.2, 0.25) is 0 Å². The van der Waals surface area contributed by atoms with Crippen LogP contribution in [-0.2, 0) is 9.53 Å². The highest BCUT2D eigenvalue weighted by Crippen LogP contribution is 2.27. The lowest BCUT2D eigenvalue weighted by Crippen LogP contribution is -2.06. The zero-order valence-electron chi connectivity index (χ0n) is 16.2. The Morgan fingerprint density at radius 1 is 1.07 bits per heavy atom. The minimum atomic E-state index is -0.300. The fourth-order valence-electron chi connectivity index (χ4n) is 2.75. The largest absolute Gasteiger partial charge is 0.493 e. The Morgan fingerprint density at radius 2 is 1.74 bits per heavy atom. The minimum Gasteiger partial charge on any atom is -0.493 e. The van der Waals surface area contributed by atoms with Gasteiger partial charge < -0.3 is 13.9 Å². The molecule has 146 valence electrons. The molecule has 0 saturated heterocycles. The molecule has 1 heterocycles. The molecular weight excluding hydrogens is 360 g/mol. The maximum Gasteiger partial charge on any atom is 0.333 e. The molecule has 0 aliphatic heterocycles. The fourth-order valence-corrected chi connectivity index (χ4v) is 2.95. The van der Waals surface area contributed by atoms with Gasteiger partial charge in [-0.25, -0.2) is 4.79 Å². The predicted octanol–water partition coefficient (Wildman–Crippen LogP) is 6.31. The number of ether oxygens (including phenoxy) is 2. The molecular formula is C22H28O4S. The van der Waals surface area contributed by atoms with E-state index >= 15 is 0 Å². The van der Waals surface area contributed by atoms with E-state index in [2.05, 4.69) is 12.6 Å². The number of carbonyl (C=O) groups excluding carboxylic acids is 1. The van der Waals surface area contributed by atoms with Crippen LogP contribution in [0.1, 0.15) is 51.0 Å². The van der Waals surface area contributed by atoms with Crippen molar-refractivity contribution in [1.82, 2.24) is 0 Å². The van der Waals surface area contributed by atoms with Crippen molar-refractivity contribution in [3.8, 4) is 5.75 Å². The van der Waals surface area contributed by atoms with Crippen LogP contribution in [0.15, 0.2) is 40.8 Å². The summed E-state index contributed by atoms with van der Waals surface area (Å²) in [4.78, 5) is 11.2. The van der Waals surface area contributed by atoms with Crippen LogP contribution in [0.25, 0.3) is 11.0 Å². The van der Waals surface area contributed by atoms with Crippen LogP contribution >= 0.6 is 12.2 Å². The van der Waals surface area contributed by atoms with E-state index in [1.807, 2.05) is 19.1 Å². The van der Waals surface area contributed by atoms with Crippen LogP contribution < -0.4 is 4.74 Å². The highest BCUT2D eigenvalue weighted by Gasteiger charge is 2.06. The van der Waals surface area contributed by atoms with E-state index in [1.54, 1.807) is 13.0 Å². The Kier molecular flexibility index (Phi) is 8.52. The highest BCUT2D eigenvalue weighted by atomic mass is 32.1. The summed E-state index contributed by atoms with van der Waals surface area (Å²) in [5.74, 6) is 0.495. The zero-order chi connectivity index (χ0) is 19.6. The van der Waals surface area contributed by atoms with Crippen molar-refractivity contribution >= 4 is 29.2 Å². The summed E-state index contributed by atoms with van der Waals surface area (Å²) in [7, 11) is 0. The lowest BCUT2D eigenvalue weighted by molar-refractivity contribution is -0.139. The molecule has 4 nitrogen and oxygen atoms in total. The summed E-state index contributed by atoms with van der Waals surface area (Å²) >= 11 is 5.18. The molecule has 0 amide bonds. The second kappa shape index (κ2) is 10.9. The number of unbranched alkanes of at least 4 members (excludes halogenated alkanes) is 5. The summed E-state index contributed by atoms with van der Waals surface area (Å²) in [5, 5.41) is 0.966. The molecule has 0 aliphatic carbocycles. The van der Waals surface area contributed by atoms with Crippen LogP contribution in [0.3, 0.4) is 0 Å². The molecule has 0 aliphatic rings. The first kappa shape index (κ1) is 21.2. The zero-order valence-corrected chi connectivity index (χ0v) is 17.0. The fraction of sp³-hybridized carbons (Fsp3) is 0.455. The van der Waals surface area contributed by atoms with Gasteiger partial charge in [0, 0.05) is 11.6 Å². The number of aryl methyl sites for hydroxylation is 1. The molecule has 0 fully saturated rings. The van der Waals surface area contributed by atoms with Gasteiger partial charge in [-0.2, -0.15) is 0 Å². The topological polar surface area (TPSA) is 48.7 Å². The lowest BCUT2D eigenvalue weighted by atomic mass is 10.1. The number of benzene rings is 1. The number of esters is 1. The summed E-state index contributed by atoms with van der Waals surface area (Å²) in [6.07, 6.45) is 6.35. The van der Waals surface area contributed by atoms with Gasteiger partial charge in [-0.05, 0) is 51.0 Å². The van der Waals surface area contributed by atoms with Crippen molar-refractivity contribution in [2.24, 2.45) is 0 Å². The van der Waals surface area contributed by atoms with Crippen molar-refractivity contribution in [1.29, 1.82) is 0 Å². The van der Waals surface area contributed by atoms with Gasteiger partial charge in [-0.15, -0.1) is 0 Å². The Bertz CT molecular complexity index is 838.